The van der Waals surface area contributed by atoms with Crippen molar-refractivity contribution in [3.05, 3.63) is 29.3 Å². The number of amides is 3. The highest BCUT2D eigenvalue weighted by atomic mass is 35.5. The van der Waals surface area contributed by atoms with Gasteiger partial charge in [-0.15, -0.1) is 0 Å². The van der Waals surface area contributed by atoms with Crippen molar-refractivity contribution in [3.8, 4) is 0 Å². The van der Waals surface area contributed by atoms with Gasteiger partial charge in [-0.05, 0) is 37.1 Å². The number of carbonyl (C=O) groups excluding carboxylic acids is 4. The van der Waals surface area contributed by atoms with Crippen LogP contribution < -0.4 is 4.90 Å². The number of hydrogen-bond acceptors (Lipinski definition) is 5. The number of ether oxygens (including phenoxy) is 1. The number of halogens is 1. The van der Waals surface area contributed by atoms with Gasteiger partial charge in [0.05, 0.1) is 19.6 Å². The average Bonchev–Trinajstić information content (AvgIpc) is 3.08. The van der Waals surface area contributed by atoms with Gasteiger partial charge in [0.25, 0.3) is 0 Å². The first-order chi connectivity index (χ1) is 14.2. The maximum Gasteiger partial charge on any atom is 0.306 e. The summed E-state index contributed by atoms with van der Waals surface area (Å²) in [4.78, 5) is 53.7. The van der Waals surface area contributed by atoms with Crippen LogP contribution >= 0.6 is 11.6 Å². The third-order valence-corrected chi connectivity index (χ3v) is 4.79. The van der Waals surface area contributed by atoms with Gasteiger partial charge < -0.3 is 14.5 Å². The van der Waals surface area contributed by atoms with Gasteiger partial charge in [0.15, 0.2) is 0 Å². The summed E-state index contributed by atoms with van der Waals surface area (Å²) in [5, 5.41) is 0.559. The first-order valence-corrected chi connectivity index (χ1v) is 10.4. The summed E-state index contributed by atoms with van der Waals surface area (Å²) < 4.78 is 4.85. The zero-order chi connectivity index (χ0) is 22.3. The van der Waals surface area contributed by atoms with E-state index >= 15 is 0 Å². The van der Waals surface area contributed by atoms with Crippen molar-refractivity contribution >= 4 is 41.0 Å². The minimum atomic E-state index is -0.439. The minimum absolute atomic E-state index is 0.0192. The van der Waals surface area contributed by atoms with Crippen LogP contribution in [0.3, 0.4) is 0 Å². The topological polar surface area (TPSA) is 87.2 Å². The van der Waals surface area contributed by atoms with Gasteiger partial charge in [0, 0.05) is 23.7 Å². The second-order valence-electron chi connectivity index (χ2n) is 7.50. The number of benzene rings is 1. The molecule has 0 N–H and O–H groups in total. The molecule has 0 radical (unpaired) electrons. The van der Waals surface area contributed by atoms with Crippen LogP contribution in [0.5, 0.6) is 0 Å². The summed E-state index contributed by atoms with van der Waals surface area (Å²) in [6.07, 6.45) is -0.0450. The SMILES string of the molecule is CCOC(=O)CCC(=O)N(CC(=O)N1CC(=O)N(c2ccc(Cl)cc2)C1)CC(C)C. The lowest BCUT2D eigenvalue weighted by molar-refractivity contribution is -0.146. The summed E-state index contributed by atoms with van der Waals surface area (Å²) in [5.74, 6) is -1.09. The van der Waals surface area contributed by atoms with E-state index in [4.69, 9.17) is 16.3 Å². The molecule has 0 unspecified atom stereocenters. The van der Waals surface area contributed by atoms with E-state index < -0.39 is 5.97 Å². The van der Waals surface area contributed by atoms with Crippen molar-refractivity contribution in [2.24, 2.45) is 5.92 Å². The number of hydrogen-bond donors (Lipinski definition) is 0. The standard InChI is InChI=1S/C21H28ClN3O5/c1-4-30-21(29)10-9-18(26)23(11-15(2)3)12-19(27)24-13-20(28)25(14-24)17-7-5-16(22)6-8-17/h5-8,15H,4,9-14H2,1-3H3. The number of rotatable bonds is 9. The molecule has 0 aromatic heterocycles. The van der Waals surface area contributed by atoms with Crippen molar-refractivity contribution in [1.29, 1.82) is 0 Å². The van der Waals surface area contributed by atoms with Crippen LogP contribution in [0.1, 0.15) is 33.6 Å². The molecule has 1 aliphatic heterocycles. The first kappa shape index (κ1) is 23.7. The second-order valence-corrected chi connectivity index (χ2v) is 7.94. The molecule has 0 spiro atoms. The Balaban J connectivity index is 1.99. The smallest absolute Gasteiger partial charge is 0.306 e. The Labute approximate surface area is 181 Å². The number of esters is 1. The van der Waals surface area contributed by atoms with E-state index in [-0.39, 0.29) is 62.8 Å². The Morgan fingerprint density at radius 3 is 2.43 bits per heavy atom. The zero-order valence-electron chi connectivity index (χ0n) is 17.6. The van der Waals surface area contributed by atoms with Crippen molar-refractivity contribution in [2.75, 3.05) is 37.8 Å². The Bertz CT molecular complexity index is 781. The van der Waals surface area contributed by atoms with Crippen LogP contribution in [-0.4, -0.2) is 66.4 Å². The molecule has 164 valence electrons. The molecule has 1 aliphatic rings. The van der Waals surface area contributed by atoms with Gasteiger partial charge in [-0.3, -0.25) is 24.1 Å². The van der Waals surface area contributed by atoms with Gasteiger partial charge in [-0.2, -0.15) is 0 Å². The third-order valence-electron chi connectivity index (χ3n) is 4.54. The summed E-state index contributed by atoms with van der Waals surface area (Å²) in [5.41, 5.74) is 0.657. The Kier molecular flexibility index (Phi) is 8.65. The van der Waals surface area contributed by atoms with E-state index in [9.17, 15) is 19.2 Å². The molecule has 0 atom stereocenters. The van der Waals surface area contributed by atoms with E-state index in [0.717, 1.165) is 0 Å². The molecule has 1 aromatic rings. The fourth-order valence-electron chi connectivity index (χ4n) is 3.12. The fourth-order valence-corrected chi connectivity index (χ4v) is 3.25. The summed E-state index contributed by atoms with van der Waals surface area (Å²) in [6, 6.07) is 6.80. The minimum Gasteiger partial charge on any atom is -0.466 e. The summed E-state index contributed by atoms with van der Waals surface area (Å²) in [6.45, 7) is 6.16. The normalized spacial score (nSPS) is 13.7. The van der Waals surface area contributed by atoms with Gasteiger partial charge >= 0.3 is 5.97 Å². The molecule has 1 saturated heterocycles. The highest BCUT2D eigenvalue weighted by molar-refractivity contribution is 6.30. The molecule has 0 bridgehead atoms. The quantitative estimate of drug-likeness (QED) is 0.553. The average molecular weight is 438 g/mol. The molecule has 0 saturated carbocycles. The van der Waals surface area contributed by atoms with Crippen molar-refractivity contribution in [1.82, 2.24) is 9.80 Å². The van der Waals surface area contributed by atoms with Gasteiger partial charge in [-0.1, -0.05) is 25.4 Å². The lowest BCUT2D eigenvalue weighted by Gasteiger charge is -2.26. The van der Waals surface area contributed by atoms with Crippen molar-refractivity contribution in [3.63, 3.8) is 0 Å². The highest BCUT2D eigenvalue weighted by Crippen LogP contribution is 2.22. The molecular weight excluding hydrogens is 410 g/mol. The van der Waals surface area contributed by atoms with E-state index in [1.165, 1.54) is 14.7 Å². The van der Waals surface area contributed by atoms with E-state index in [2.05, 4.69) is 0 Å². The Morgan fingerprint density at radius 2 is 1.83 bits per heavy atom. The first-order valence-electron chi connectivity index (χ1n) is 9.98. The molecule has 1 heterocycles. The maximum absolute atomic E-state index is 12.8. The predicted molar refractivity (Wildman–Crippen MR) is 113 cm³/mol. The molecular formula is C21H28ClN3O5. The Hall–Kier alpha value is -2.61. The van der Waals surface area contributed by atoms with Crippen LogP contribution in [0, 0.1) is 5.92 Å². The van der Waals surface area contributed by atoms with Gasteiger partial charge in [-0.25, -0.2) is 0 Å². The monoisotopic (exact) mass is 437 g/mol. The zero-order valence-corrected chi connectivity index (χ0v) is 18.4. The molecule has 1 fully saturated rings. The molecule has 9 heteroatoms. The third kappa shape index (κ3) is 6.73. The van der Waals surface area contributed by atoms with Crippen LogP contribution in [0.2, 0.25) is 5.02 Å². The molecule has 2 rings (SSSR count). The van der Waals surface area contributed by atoms with E-state index in [1.807, 2.05) is 13.8 Å². The molecule has 8 nitrogen and oxygen atoms in total. The molecule has 30 heavy (non-hydrogen) atoms. The molecule has 3 amide bonds. The van der Waals surface area contributed by atoms with Crippen LogP contribution in [0.4, 0.5) is 5.69 Å². The Morgan fingerprint density at radius 1 is 1.17 bits per heavy atom. The van der Waals surface area contributed by atoms with Gasteiger partial charge in [0.1, 0.15) is 13.2 Å². The lowest BCUT2D eigenvalue weighted by Crippen LogP contribution is -2.44. The number of carbonyl (C=O) groups is 4. The van der Waals surface area contributed by atoms with E-state index in [1.54, 1.807) is 31.2 Å². The molecule has 0 aliphatic carbocycles. The highest BCUT2D eigenvalue weighted by Gasteiger charge is 2.33. The van der Waals surface area contributed by atoms with Crippen LogP contribution in [0.25, 0.3) is 0 Å². The van der Waals surface area contributed by atoms with E-state index in [0.29, 0.717) is 17.3 Å². The predicted octanol–water partition coefficient (Wildman–Crippen LogP) is 2.30. The van der Waals surface area contributed by atoms with Gasteiger partial charge in [0.2, 0.25) is 17.7 Å². The second kappa shape index (κ2) is 11.0. The van der Waals surface area contributed by atoms with Crippen LogP contribution in [0.15, 0.2) is 24.3 Å². The van der Waals surface area contributed by atoms with Crippen molar-refractivity contribution < 1.29 is 23.9 Å². The largest absolute Gasteiger partial charge is 0.466 e. The summed E-state index contributed by atoms with van der Waals surface area (Å²) >= 11 is 5.89. The summed E-state index contributed by atoms with van der Waals surface area (Å²) in [7, 11) is 0. The van der Waals surface area contributed by atoms with Crippen LogP contribution in [-0.2, 0) is 23.9 Å². The van der Waals surface area contributed by atoms with Crippen molar-refractivity contribution in [2.45, 2.75) is 33.6 Å². The molecule has 1 aromatic carbocycles. The fraction of sp³-hybridized carbons (Fsp3) is 0.524. The number of nitrogens with zero attached hydrogens (tertiary/aromatic N) is 3. The lowest BCUT2D eigenvalue weighted by atomic mass is 10.2. The maximum atomic E-state index is 12.8. The number of anilines is 1.